The van der Waals surface area contributed by atoms with Crippen LogP contribution in [0.25, 0.3) is 0 Å². The van der Waals surface area contributed by atoms with Gasteiger partial charge in [-0.2, -0.15) is 0 Å². The van der Waals surface area contributed by atoms with Crippen molar-refractivity contribution < 1.29 is 38.5 Å². The van der Waals surface area contributed by atoms with Gasteiger partial charge in [0.15, 0.2) is 24.0 Å². The second-order valence-corrected chi connectivity index (χ2v) is 8.68. The Morgan fingerprint density at radius 3 is 2.44 bits per heavy atom. The molecule has 0 saturated carbocycles. The number of nitrogens with zero attached hydrogens (tertiary/aromatic N) is 1. The lowest BCUT2D eigenvalue weighted by Gasteiger charge is -2.36. The van der Waals surface area contributed by atoms with Crippen molar-refractivity contribution in [3.05, 3.63) is 29.5 Å². The highest BCUT2D eigenvalue weighted by Gasteiger charge is 2.62. The van der Waals surface area contributed by atoms with Gasteiger partial charge in [-0.25, -0.2) is 0 Å². The molecule has 0 spiro atoms. The maximum atomic E-state index is 12.9. The van der Waals surface area contributed by atoms with E-state index in [0.717, 1.165) is 0 Å². The Labute approximate surface area is 184 Å². The molecular weight excluding hydrogens is 426 g/mol. The van der Waals surface area contributed by atoms with E-state index in [1.165, 1.54) is 24.3 Å². The van der Waals surface area contributed by atoms with Crippen LogP contribution in [0.5, 0.6) is 0 Å². The Balaban J connectivity index is 1.39. The van der Waals surface area contributed by atoms with Crippen molar-refractivity contribution in [2.45, 2.75) is 70.0 Å². The number of anilines is 2. The molecule has 4 rings (SSSR count). The van der Waals surface area contributed by atoms with Crippen LogP contribution in [-0.4, -0.2) is 65.8 Å². The molecule has 3 N–H and O–H groups in total. The third-order valence-electron chi connectivity index (χ3n) is 5.19. The molecule has 1 aromatic carbocycles. The van der Waals surface area contributed by atoms with E-state index in [2.05, 4.69) is 10.6 Å². The fraction of sp³-hybridized carbons (Fsp3) is 0.600. The molecule has 0 radical (unpaired) electrons. The Kier molecular flexibility index (Phi) is 5.88. The number of carbonyl (C=O) groups is 2. The summed E-state index contributed by atoms with van der Waals surface area (Å²) in [6.45, 7) is 6.58. The lowest BCUT2D eigenvalue weighted by atomic mass is 9.98. The topological polar surface area (TPSA) is 151 Å². The molecule has 1 aromatic rings. The summed E-state index contributed by atoms with van der Waals surface area (Å²) in [5.41, 5.74) is 0.229. The van der Waals surface area contributed by atoms with Crippen LogP contribution in [0.15, 0.2) is 24.3 Å². The first-order valence-corrected chi connectivity index (χ1v) is 10.1. The zero-order valence-corrected chi connectivity index (χ0v) is 18.1. The minimum absolute atomic E-state index is 0.0502. The largest absolute Gasteiger partial charge is 0.733 e. The summed E-state index contributed by atoms with van der Waals surface area (Å²) in [6.07, 6.45) is -3.82. The van der Waals surface area contributed by atoms with Gasteiger partial charge in [-0.05, 0) is 45.9 Å². The summed E-state index contributed by atoms with van der Waals surface area (Å²) in [5.74, 6) is -2.98. The number of benzene rings is 1. The summed E-state index contributed by atoms with van der Waals surface area (Å²) in [4.78, 5) is 25.1. The molecule has 3 fully saturated rings. The van der Waals surface area contributed by atoms with Gasteiger partial charge in [-0.15, -0.1) is 0 Å². The van der Waals surface area contributed by atoms with E-state index >= 15 is 0 Å². The highest BCUT2D eigenvalue weighted by molar-refractivity contribution is 5.95. The average Bonchev–Trinajstić information content (AvgIpc) is 3.19. The van der Waals surface area contributed by atoms with Gasteiger partial charge in [0.2, 0.25) is 5.91 Å². The Morgan fingerprint density at radius 2 is 1.72 bits per heavy atom. The van der Waals surface area contributed by atoms with Gasteiger partial charge in [-0.3, -0.25) is 14.8 Å². The molecule has 12 nitrogen and oxygen atoms in total. The molecular formula is C20H26N3O9-. The predicted octanol–water partition coefficient (Wildman–Crippen LogP) is 0.831. The highest BCUT2D eigenvalue weighted by atomic mass is 16.9. The normalized spacial score (nSPS) is 32.0. The summed E-state index contributed by atoms with van der Waals surface area (Å²) >= 11 is 0. The van der Waals surface area contributed by atoms with E-state index in [1.807, 2.05) is 0 Å². The van der Waals surface area contributed by atoms with Gasteiger partial charge >= 0.3 is 0 Å². The summed E-state index contributed by atoms with van der Waals surface area (Å²) in [6, 6.07) is 5.68. The van der Waals surface area contributed by atoms with Crippen molar-refractivity contribution in [3.63, 3.8) is 0 Å². The molecule has 3 heterocycles. The van der Waals surface area contributed by atoms with Crippen LogP contribution >= 0.6 is 0 Å². The van der Waals surface area contributed by atoms with Gasteiger partial charge in [0.05, 0.1) is 12.2 Å². The second kappa shape index (κ2) is 8.23. The molecule has 176 valence electrons. The minimum Gasteiger partial charge on any atom is -0.733 e. The van der Waals surface area contributed by atoms with E-state index in [9.17, 15) is 14.8 Å². The third-order valence-corrected chi connectivity index (χ3v) is 5.19. The standard InChI is InChI=1S/C20H26N3O9/c1-19(2)29-13-14(30-19)16-18(32-20(3,4)31-16)28-15(13)17(25)21-9-12(24)22-10-6-5-7-11(8-10)23(26)27/h5-8,13-16,18,26H,9H2,1-4H3,(H,21,25)(H,22,24)/q-1. The minimum atomic E-state index is -1.08. The zero-order chi connectivity index (χ0) is 23.3. The van der Waals surface area contributed by atoms with Gasteiger partial charge < -0.3 is 44.8 Å². The molecule has 3 aliphatic rings. The highest BCUT2D eigenvalue weighted by Crippen LogP contribution is 2.44. The number of amides is 2. The zero-order valence-electron chi connectivity index (χ0n) is 18.1. The van der Waals surface area contributed by atoms with Crippen molar-refractivity contribution in [2.24, 2.45) is 0 Å². The molecule has 0 aromatic heterocycles. The third kappa shape index (κ3) is 4.71. The smallest absolute Gasteiger partial charge is 0.252 e. The Bertz CT molecular complexity index is 891. The van der Waals surface area contributed by atoms with Gasteiger partial charge in [0.25, 0.3) is 5.91 Å². The van der Waals surface area contributed by atoms with Crippen LogP contribution in [0.1, 0.15) is 27.7 Å². The SMILES string of the molecule is CC1(C)OC2OC(C(=O)NCC(=O)Nc3cccc(N([O-])O)c3)C3OC(C)(C)OC3C2O1. The first-order chi connectivity index (χ1) is 14.9. The van der Waals surface area contributed by atoms with E-state index in [-0.39, 0.29) is 23.1 Å². The number of nitrogens with one attached hydrogen (secondary N) is 2. The van der Waals surface area contributed by atoms with Gasteiger partial charge in [0.1, 0.15) is 18.3 Å². The van der Waals surface area contributed by atoms with Crippen molar-refractivity contribution in [1.82, 2.24) is 5.32 Å². The van der Waals surface area contributed by atoms with Crippen molar-refractivity contribution in [1.29, 1.82) is 0 Å². The molecule has 12 heteroatoms. The number of ether oxygens (including phenoxy) is 5. The molecule has 5 atom stereocenters. The molecule has 5 unspecified atom stereocenters. The van der Waals surface area contributed by atoms with E-state index in [0.29, 0.717) is 0 Å². The van der Waals surface area contributed by atoms with Crippen molar-refractivity contribution in [2.75, 3.05) is 17.1 Å². The van der Waals surface area contributed by atoms with Crippen LogP contribution in [-0.2, 0) is 33.3 Å². The molecule has 0 bridgehead atoms. The second-order valence-electron chi connectivity index (χ2n) is 8.68. The Morgan fingerprint density at radius 1 is 1.06 bits per heavy atom. The number of hydrogen-bond donors (Lipinski definition) is 3. The van der Waals surface area contributed by atoms with Crippen LogP contribution in [0, 0.1) is 5.21 Å². The first-order valence-electron chi connectivity index (χ1n) is 10.1. The quantitative estimate of drug-likeness (QED) is 0.548. The van der Waals surface area contributed by atoms with Crippen LogP contribution in [0.4, 0.5) is 11.4 Å². The maximum absolute atomic E-state index is 12.9. The first kappa shape index (κ1) is 22.9. The fourth-order valence-corrected chi connectivity index (χ4v) is 4.00. The summed E-state index contributed by atoms with van der Waals surface area (Å²) in [5, 5.41) is 24.7. The van der Waals surface area contributed by atoms with E-state index in [4.69, 9.17) is 28.9 Å². The van der Waals surface area contributed by atoms with Crippen molar-refractivity contribution in [3.8, 4) is 0 Å². The van der Waals surface area contributed by atoms with Crippen LogP contribution in [0.3, 0.4) is 0 Å². The maximum Gasteiger partial charge on any atom is 0.252 e. The fourth-order valence-electron chi connectivity index (χ4n) is 4.00. The number of hydrogen-bond acceptors (Lipinski definition) is 10. The molecule has 0 aliphatic carbocycles. The van der Waals surface area contributed by atoms with E-state index in [1.54, 1.807) is 27.7 Å². The number of fused-ring (bicyclic) bond motifs is 3. The summed E-state index contributed by atoms with van der Waals surface area (Å²) < 4.78 is 29.3. The number of rotatable bonds is 5. The average molecular weight is 452 g/mol. The van der Waals surface area contributed by atoms with Crippen molar-refractivity contribution >= 4 is 23.2 Å². The van der Waals surface area contributed by atoms with Gasteiger partial charge in [-0.1, -0.05) is 6.07 Å². The number of carbonyl (C=O) groups excluding carboxylic acids is 2. The predicted molar refractivity (Wildman–Crippen MR) is 108 cm³/mol. The monoisotopic (exact) mass is 452 g/mol. The van der Waals surface area contributed by atoms with Crippen LogP contribution < -0.4 is 15.9 Å². The molecule has 2 amide bonds. The van der Waals surface area contributed by atoms with Gasteiger partial charge in [0, 0.05) is 5.69 Å². The molecule has 32 heavy (non-hydrogen) atoms. The lowest BCUT2D eigenvalue weighted by molar-refractivity contribution is -0.231. The van der Waals surface area contributed by atoms with E-state index < -0.39 is 54.1 Å². The molecule has 3 saturated heterocycles. The Hall–Kier alpha value is -2.32. The van der Waals surface area contributed by atoms with Crippen LogP contribution in [0.2, 0.25) is 0 Å². The lowest BCUT2D eigenvalue weighted by Crippen LogP contribution is -2.59. The summed E-state index contributed by atoms with van der Waals surface area (Å²) in [7, 11) is 0. The molecule has 3 aliphatic heterocycles.